The summed E-state index contributed by atoms with van der Waals surface area (Å²) >= 11 is 0. The number of amides is 2. The van der Waals surface area contributed by atoms with Crippen LogP contribution in [0.1, 0.15) is 50.5 Å². The molecule has 192 valence electrons. The highest BCUT2D eigenvalue weighted by molar-refractivity contribution is 5.91. The van der Waals surface area contributed by atoms with Crippen molar-refractivity contribution >= 4 is 17.8 Å². The molecule has 8 heteroatoms. The van der Waals surface area contributed by atoms with Gasteiger partial charge in [-0.25, -0.2) is 4.79 Å². The third-order valence-corrected chi connectivity index (χ3v) is 7.41. The summed E-state index contributed by atoms with van der Waals surface area (Å²) in [4.78, 5) is 24.3. The molecule has 0 aliphatic heterocycles. The molecule has 8 nitrogen and oxygen atoms in total. The second kappa shape index (κ2) is 10.7. The number of ether oxygens (including phenoxy) is 1. The number of nitrogens with two attached hydrogens (primary N) is 1. The molecule has 4 N–H and O–H groups in total. The topological polar surface area (TPSA) is 119 Å². The van der Waals surface area contributed by atoms with Gasteiger partial charge in [-0.1, -0.05) is 54.6 Å². The largest absolute Gasteiger partial charge is 0.446 e. The number of hydrogen-bond donors (Lipinski definition) is 3. The van der Waals surface area contributed by atoms with E-state index >= 15 is 0 Å². The van der Waals surface area contributed by atoms with E-state index in [9.17, 15) is 9.59 Å². The van der Waals surface area contributed by atoms with Gasteiger partial charge < -0.3 is 21.1 Å². The molecule has 2 aliphatic rings. The number of alkyl carbamates (subject to hydrolysis) is 1. The summed E-state index contributed by atoms with van der Waals surface area (Å²) in [7, 11) is 1.55. The van der Waals surface area contributed by atoms with Gasteiger partial charge in [-0.2, -0.15) is 0 Å². The average Bonchev–Trinajstić information content (AvgIpc) is 3.68. The van der Waals surface area contributed by atoms with Gasteiger partial charge in [0.2, 0.25) is 5.91 Å². The van der Waals surface area contributed by atoms with Crippen LogP contribution >= 0.6 is 0 Å². The molecule has 0 unspecified atom stereocenters. The molecule has 37 heavy (non-hydrogen) atoms. The number of benzene rings is 2. The second-order valence-corrected chi connectivity index (χ2v) is 10.1. The number of hydrogen-bond acceptors (Lipinski definition) is 6. The molecule has 3 aromatic rings. The lowest BCUT2D eigenvalue weighted by atomic mass is 9.85. The molecule has 0 radical (unpaired) electrons. The molecule has 2 fully saturated rings. The van der Waals surface area contributed by atoms with Gasteiger partial charge in [0.15, 0.2) is 5.82 Å². The Balaban J connectivity index is 1.28. The molecule has 5 rings (SSSR count). The zero-order chi connectivity index (χ0) is 25.8. The molecular weight excluding hydrogens is 466 g/mol. The van der Waals surface area contributed by atoms with Crippen LogP contribution in [0.4, 0.5) is 10.6 Å². The van der Waals surface area contributed by atoms with Crippen molar-refractivity contribution in [3.05, 3.63) is 66.2 Å². The third-order valence-electron chi connectivity index (χ3n) is 7.41. The predicted octanol–water partition coefficient (Wildman–Crippen LogP) is 5.00. The summed E-state index contributed by atoms with van der Waals surface area (Å²) in [6.45, 7) is 0. The lowest BCUT2D eigenvalue weighted by Crippen LogP contribution is -2.30. The fraction of sp³-hybridized carbons (Fsp3) is 0.379. The number of carbonyl (C=O) groups excluding carboxylic acids is 2. The minimum absolute atomic E-state index is 0.0835. The van der Waals surface area contributed by atoms with E-state index in [0.29, 0.717) is 12.2 Å². The van der Waals surface area contributed by atoms with Gasteiger partial charge in [0.25, 0.3) is 0 Å². The summed E-state index contributed by atoms with van der Waals surface area (Å²) in [6.07, 6.45) is 5.16. The second-order valence-electron chi connectivity index (χ2n) is 10.1. The molecule has 2 aromatic carbocycles. The Morgan fingerprint density at radius 2 is 1.68 bits per heavy atom. The van der Waals surface area contributed by atoms with E-state index in [2.05, 4.69) is 33.0 Å². The Kier molecular flexibility index (Phi) is 7.19. The molecule has 2 aliphatic carbocycles. The predicted molar refractivity (Wildman–Crippen MR) is 143 cm³/mol. The van der Waals surface area contributed by atoms with Crippen LogP contribution in [-0.4, -0.2) is 35.3 Å². The van der Waals surface area contributed by atoms with Crippen molar-refractivity contribution in [2.75, 3.05) is 12.4 Å². The summed E-state index contributed by atoms with van der Waals surface area (Å²) < 4.78 is 5.34. The SMILES string of the molecule is CNC(=O)OC1CCC(CC(=O)Nc2cc(-c3ccccc3)c(-c3ccc(C4(N)CC4)cc3)nn2)CC1. The van der Waals surface area contributed by atoms with Crippen LogP contribution in [0.3, 0.4) is 0 Å². The fourth-order valence-corrected chi connectivity index (χ4v) is 5.01. The third kappa shape index (κ3) is 5.97. The first-order chi connectivity index (χ1) is 17.9. The number of anilines is 1. The quantitative estimate of drug-likeness (QED) is 0.421. The van der Waals surface area contributed by atoms with Crippen LogP contribution in [-0.2, 0) is 15.1 Å². The molecule has 2 amide bonds. The molecule has 0 bridgehead atoms. The van der Waals surface area contributed by atoms with E-state index < -0.39 is 6.09 Å². The Bertz CT molecular complexity index is 1250. The number of aromatic nitrogens is 2. The van der Waals surface area contributed by atoms with Crippen molar-refractivity contribution in [1.82, 2.24) is 15.5 Å². The maximum absolute atomic E-state index is 12.8. The van der Waals surface area contributed by atoms with Crippen LogP contribution in [0, 0.1) is 5.92 Å². The summed E-state index contributed by atoms with van der Waals surface area (Å²) in [5.74, 6) is 0.597. The Morgan fingerprint density at radius 3 is 2.32 bits per heavy atom. The van der Waals surface area contributed by atoms with Gasteiger partial charge in [-0.15, -0.1) is 10.2 Å². The standard InChI is InChI=1S/C29H33N5O3/c1-31-28(36)37-23-13-7-19(8-14-23)17-26(35)32-25-18-24(20-5-3-2-4-6-20)27(34-33-25)21-9-11-22(12-10-21)29(30)15-16-29/h2-6,9-12,18-19,23H,7-8,13-17,30H2,1H3,(H,31,36)(H,32,33,35). The van der Waals surface area contributed by atoms with E-state index in [1.165, 1.54) is 0 Å². The monoisotopic (exact) mass is 499 g/mol. The van der Waals surface area contributed by atoms with Gasteiger partial charge in [0.1, 0.15) is 11.8 Å². The normalized spacial score (nSPS) is 20.1. The van der Waals surface area contributed by atoms with Crippen LogP contribution in [0.2, 0.25) is 0 Å². The number of nitrogens with one attached hydrogen (secondary N) is 2. The van der Waals surface area contributed by atoms with Gasteiger partial charge in [0, 0.05) is 30.1 Å². The van der Waals surface area contributed by atoms with Crippen LogP contribution in [0.15, 0.2) is 60.7 Å². The highest BCUT2D eigenvalue weighted by atomic mass is 16.6. The molecule has 2 saturated carbocycles. The summed E-state index contributed by atoms with van der Waals surface area (Å²) in [6, 6.07) is 20.1. The molecule has 0 atom stereocenters. The van der Waals surface area contributed by atoms with Crippen LogP contribution in [0.25, 0.3) is 22.4 Å². The number of carbonyl (C=O) groups is 2. The summed E-state index contributed by atoms with van der Waals surface area (Å²) in [5, 5.41) is 14.3. The van der Waals surface area contributed by atoms with Gasteiger partial charge >= 0.3 is 6.09 Å². The van der Waals surface area contributed by atoms with Crippen molar-refractivity contribution < 1.29 is 14.3 Å². The Hall–Kier alpha value is -3.78. The maximum atomic E-state index is 12.8. The smallest absolute Gasteiger partial charge is 0.407 e. The van der Waals surface area contributed by atoms with E-state index in [1.54, 1.807) is 7.05 Å². The van der Waals surface area contributed by atoms with E-state index in [1.807, 2.05) is 48.5 Å². The van der Waals surface area contributed by atoms with E-state index in [4.69, 9.17) is 10.5 Å². The minimum atomic E-state index is -0.403. The Labute approximate surface area is 217 Å². The first-order valence-corrected chi connectivity index (χ1v) is 12.9. The zero-order valence-electron chi connectivity index (χ0n) is 21.1. The first-order valence-electron chi connectivity index (χ1n) is 12.9. The molecule has 0 spiro atoms. The van der Waals surface area contributed by atoms with Gasteiger partial charge in [-0.05, 0) is 61.6 Å². The van der Waals surface area contributed by atoms with Crippen molar-refractivity contribution in [3.8, 4) is 22.4 Å². The van der Waals surface area contributed by atoms with E-state index in [-0.39, 0.29) is 23.5 Å². The molecule has 1 heterocycles. The van der Waals surface area contributed by atoms with E-state index in [0.717, 1.165) is 66.5 Å². The molecule has 0 saturated heterocycles. The fourth-order valence-electron chi connectivity index (χ4n) is 5.01. The van der Waals surface area contributed by atoms with Gasteiger partial charge in [-0.3, -0.25) is 4.79 Å². The van der Waals surface area contributed by atoms with Crippen molar-refractivity contribution in [2.45, 2.75) is 56.6 Å². The summed E-state index contributed by atoms with van der Waals surface area (Å²) in [5.41, 5.74) is 10.9. The average molecular weight is 500 g/mol. The minimum Gasteiger partial charge on any atom is -0.446 e. The van der Waals surface area contributed by atoms with Crippen molar-refractivity contribution in [2.24, 2.45) is 11.7 Å². The first kappa shape index (κ1) is 24.9. The number of nitrogens with zero attached hydrogens (tertiary/aromatic N) is 2. The van der Waals surface area contributed by atoms with Gasteiger partial charge in [0.05, 0.1) is 0 Å². The zero-order valence-corrected chi connectivity index (χ0v) is 21.1. The highest BCUT2D eigenvalue weighted by Crippen LogP contribution is 2.43. The maximum Gasteiger partial charge on any atom is 0.407 e. The Morgan fingerprint density at radius 1 is 0.973 bits per heavy atom. The van der Waals surface area contributed by atoms with Crippen LogP contribution in [0.5, 0.6) is 0 Å². The van der Waals surface area contributed by atoms with Crippen molar-refractivity contribution in [3.63, 3.8) is 0 Å². The molecule has 1 aromatic heterocycles. The highest BCUT2D eigenvalue weighted by Gasteiger charge is 2.39. The number of rotatable bonds is 7. The van der Waals surface area contributed by atoms with Crippen molar-refractivity contribution in [1.29, 1.82) is 0 Å². The lowest BCUT2D eigenvalue weighted by Gasteiger charge is -2.27. The lowest BCUT2D eigenvalue weighted by molar-refractivity contribution is -0.117. The van der Waals surface area contributed by atoms with Crippen LogP contribution < -0.4 is 16.4 Å². The molecular formula is C29H33N5O3.